The fourth-order valence-corrected chi connectivity index (χ4v) is 2.10. The van der Waals surface area contributed by atoms with Gasteiger partial charge < -0.3 is 5.32 Å². The van der Waals surface area contributed by atoms with Crippen molar-refractivity contribution in [1.82, 2.24) is 9.97 Å². The third-order valence-corrected chi connectivity index (χ3v) is 3.12. The predicted octanol–water partition coefficient (Wildman–Crippen LogP) is 3.89. The molecule has 0 aliphatic heterocycles. The Morgan fingerprint density at radius 3 is 2.58 bits per heavy atom. The third kappa shape index (κ3) is 3.89. The van der Waals surface area contributed by atoms with E-state index >= 15 is 0 Å². The molecule has 1 aromatic heterocycles. The second-order valence-electron chi connectivity index (χ2n) is 3.72. The second kappa shape index (κ2) is 6.47. The topological polar surface area (TPSA) is 37.8 Å². The Morgan fingerprint density at radius 2 is 1.95 bits per heavy atom. The molecule has 0 amide bonds. The lowest BCUT2D eigenvalue weighted by Crippen LogP contribution is -1.99. The number of halogens is 2. The first-order chi connectivity index (χ1) is 9.19. The van der Waals surface area contributed by atoms with Gasteiger partial charge in [-0.2, -0.15) is 8.78 Å². The molecule has 0 radical (unpaired) electrons. The molecule has 0 bridgehead atoms. The first kappa shape index (κ1) is 13.7. The number of nitrogens with zero attached hydrogens (tertiary/aromatic N) is 2. The van der Waals surface area contributed by atoms with Crippen LogP contribution >= 0.6 is 11.8 Å². The summed E-state index contributed by atoms with van der Waals surface area (Å²) < 4.78 is 24.4. The lowest BCUT2D eigenvalue weighted by atomic mass is 10.1. The number of alkyl halides is 2. The van der Waals surface area contributed by atoms with E-state index in [0.29, 0.717) is 16.7 Å². The van der Waals surface area contributed by atoms with Crippen molar-refractivity contribution in [3.8, 4) is 11.3 Å². The Morgan fingerprint density at radius 1 is 1.21 bits per heavy atom. The molecule has 100 valence electrons. The Balaban J connectivity index is 2.19. The summed E-state index contributed by atoms with van der Waals surface area (Å²) in [6.07, 6.45) is 1.48. The molecule has 0 fully saturated rings. The summed E-state index contributed by atoms with van der Waals surface area (Å²) in [4.78, 5) is 8.80. The van der Waals surface area contributed by atoms with Gasteiger partial charge >= 0.3 is 0 Å². The van der Waals surface area contributed by atoms with Gasteiger partial charge in [0.05, 0.1) is 5.69 Å². The molecule has 0 aliphatic rings. The Bertz CT molecular complexity index is 532. The largest absolute Gasteiger partial charge is 0.370 e. The normalized spacial score (nSPS) is 10.7. The van der Waals surface area contributed by atoms with Crippen LogP contribution in [0.4, 0.5) is 14.6 Å². The van der Waals surface area contributed by atoms with E-state index in [9.17, 15) is 8.78 Å². The van der Waals surface area contributed by atoms with E-state index in [4.69, 9.17) is 0 Å². The molecule has 1 aromatic carbocycles. The number of thioether (sulfide) groups is 1. The van der Waals surface area contributed by atoms with E-state index in [2.05, 4.69) is 15.3 Å². The zero-order valence-corrected chi connectivity index (χ0v) is 11.1. The molecule has 19 heavy (non-hydrogen) atoms. The van der Waals surface area contributed by atoms with Crippen LogP contribution in [0.15, 0.2) is 41.6 Å². The van der Waals surface area contributed by atoms with Crippen molar-refractivity contribution >= 4 is 17.6 Å². The molecular weight excluding hydrogens is 268 g/mol. The molecule has 2 rings (SSSR count). The molecule has 1 heterocycles. The fraction of sp³-hybridized carbons (Fsp3) is 0.231. The highest BCUT2D eigenvalue weighted by atomic mass is 32.2. The van der Waals surface area contributed by atoms with Crippen LogP contribution in [-0.2, 0) is 0 Å². The molecule has 0 saturated heterocycles. The molecule has 3 nitrogen and oxygen atoms in total. The molecular formula is C13H13F2N3S. The highest BCUT2D eigenvalue weighted by Gasteiger charge is 2.06. The summed E-state index contributed by atoms with van der Waals surface area (Å²) in [6.45, 7) is 2.76. The highest BCUT2D eigenvalue weighted by molar-refractivity contribution is 7.99. The van der Waals surface area contributed by atoms with Gasteiger partial charge in [-0.1, -0.05) is 23.9 Å². The van der Waals surface area contributed by atoms with E-state index in [-0.39, 0.29) is 0 Å². The van der Waals surface area contributed by atoms with Crippen molar-refractivity contribution in [3.63, 3.8) is 0 Å². The third-order valence-electron chi connectivity index (χ3n) is 2.40. The van der Waals surface area contributed by atoms with Crippen molar-refractivity contribution in [3.05, 3.63) is 36.7 Å². The maximum atomic E-state index is 12.2. The van der Waals surface area contributed by atoms with Gasteiger partial charge in [-0.3, -0.25) is 0 Å². The fourth-order valence-electron chi connectivity index (χ4n) is 1.60. The minimum Gasteiger partial charge on any atom is -0.370 e. The monoisotopic (exact) mass is 281 g/mol. The summed E-state index contributed by atoms with van der Waals surface area (Å²) in [5.74, 6) is -1.65. The summed E-state index contributed by atoms with van der Waals surface area (Å²) in [5.41, 5.74) is 1.64. The summed E-state index contributed by atoms with van der Waals surface area (Å²) in [5, 5.41) is 3.10. The molecule has 0 aliphatic carbocycles. The predicted molar refractivity (Wildman–Crippen MR) is 73.5 cm³/mol. The summed E-state index contributed by atoms with van der Waals surface area (Å²) >= 11 is 0.535. The van der Waals surface area contributed by atoms with Crippen molar-refractivity contribution in [2.24, 2.45) is 0 Å². The van der Waals surface area contributed by atoms with E-state index in [0.717, 1.165) is 23.6 Å². The quantitative estimate of drug-likeness (QED) is 0.844. The van der Waals surface area contributed by atoms with Crippen molar-refractivity contribution in [2.75, 3.05) is 11.9 Å². The number of hydrogen-bond acceptors (Lipinski definition) is 4. The van der Waals surface area contributed by atoms with Crippen LogP contribution in [0.1, 0.15) is 6.92 Å². The Kier molecular flexibility index (Phi) is 4.68. The van der Waals surface area contributed by atoms with Gasteiger partial charge in [0, 0.05) is 23.1 Å². The lowest BCUT2D eigenvalue weighted by molar-refractivity contribution is 0.252. The number of nitrogens with one attached hydrogen (secondary N) is 1. The number of benzene rings is 1. The summed E-state index contributed by atoms with van der Waals surface area (Å²) in [6, 6.07) is 8.73. The molecule has 0 spiro atoms. The Hall–Kier alpha value is -1.69. The average molecular weight is 281 g/mol. The van der Waals surface area contributed by atoms with Crippen LogP contribution in [-0.4, -0.2) is 22.3 Å². The zero-order chi connectivity index (χ0) is 13.7. The number of aromatic nitrogens is 2. The van der Waals surface area contributed by atoms with Crippen LogP contribution in [0.5, 0.6) is 0 Å². The summed E-state index contributed by atoms with van der Waals surface area (Å²) in [7, 11) is 0. The molecule has 2 aromatic rings. The van der Waals surface area contributed by atoms with Crippen LogP contribution in [0.3, 0.4) is 0 Å². The minimum atomic E-state index is -2.40. The van der Waals surface area contributed by atoms with Gasteiger partial charge in [-0.15, -0.1) is 0 Å². The van der Waals surface area contributed by atoms with Crippen LogP contribution in [0.25, 0.3) is 11.3 Å². The van der Waals surface area contributed by atoms with Crippen molar-refractivity contribution < 1.29 is 8.78 Å². The molecule has 0 saturated carbocycles. The maximum Gasteiger partial charge on any atom is 0.288 e. The van der Waals surface area contributed by atoms with Gasteiger partial charge in [0.2, 0.25) is 0 Å². The molecule has 0 atom stereocenters. The van der Waals surface area contributed by atoms with Crippen molar-refractivity contribution in [2.45, 2.75) is 17.6 Å². The molecule has 6 heteroatoms. The second-order valence-corrected chi connectivity index (χ2v) is 4.79. The first-order valence-corrected chi connectivity index (χ1v) is 6.68. The Labute approximate surface area is 114 Å². The van der Waals surface area contributed by atoms with Crippen molar-refractivity contribution in [1.29, 1.82) is 0 Å². The standard InChI is InChI=1S/C13H13F2N3S/c1-2-16-12-7-11(17-8-18-12)9-3-5-10(6-4-9)19-13(14)15/h3-8,13H,2H2,1H3,(H,16,17,18). The van der Waals surface area contributed by atoms with Crippen LogP contribution < -0.4 is 5.32 Å². The highest BCUT2D eigenvalue weighted by Crippen LogP contribution is 2.27. The number of anilines is 1. The number of hydrogen-bond donors (Lipinski definition) is 1. The van der Waals surface area contributed by atoms with Gasteiger partial charge in [-0.05, 0) is 19.1 Å². The van der Waals surface area contributed by atoms with Gasteiger partial charge in [-0.25, -0.2) is 9.97 Å². The lowest BCUT2D eigenvalue weighted by Gasteiger charge is -2.06. The van der Waals surface area contributed by atoms with Gasteiger partial charge in [0.1, 0.15) is 12.1 Å². The smallest absolute Gasteiger partial charge is 0.288 e. The zero-order valence-electron chi connectivity index (χ0n) is 10.3. The van der Waals surface area contributed by atoms with Crippen LogP contribution in [0.2, 0.25) is 0 Å². The first-order valence-electron chi connectivity index (χ1n) is 5.80. The van der Waals surface area contributed by atoms with Gasteiger partial charge in [0.15, 0.2) is 0 Å². The minimum absolute atomic E-state index is 0.535. The van der Waals surface area contributed by atoms with E-state index in [1.165, 1.54) is 6.33 Å². The van der Waals surface area contributed by atoms with Crippen LogP contribution in [0, 0.1) is 0 Å². The molecule has 0 unspecified atom stereocenters. The molecule has 1 N–H and O–H groups in total. The van der Waals surface area contributed by atoms with E-state index in [1.54, 1.807) is 24.3 Å². The number of rotatable bonds is 5. The van der Waals surface area contributed by atoms with E-state index in [1.807, 2.05) is 13.0 Å². The van der Waals surface area contributed by atoms with E-state index < -0.39 is 5.76 Å². The SMILES string of the molecule is CCNc1cc(-c2ccc(SC(F)F)cc2)ncn1. The average Bonchev–Trinajstić information content (AvgIpc) is 2.40. The van der Waals surface area contributed by atoms with Gasteiger partial charge in [0.25, 0.3) is 5.76 Å². The maximum absolute atomic E-state index is 12.2.